The maximum absolute atomic E-state index is 14.0. The molecule has 2 aromatic rings. The van der Waals surface area contributed by atoms with Gasteiger partial charge >= 0.3 is 0 Å². The molecule has 1 atom stereocenters. The van der Waals surface area contributed by atoms with Crippen LogP contribution in [0.15, 0.2) is 47.5 Å². The van der Waals surface area contributed by atoms with Crippen LogP contribution in [-0.4, -0.2) is 56.9 Å². The predicted octanol–water partition coefficient (Wildman–Crippen LogP) is 3.68. The molecule has 9 nitrogen and oxygen atoms in total. The first kappa shape index (κ1) is 24.8. The summed E-state index contributed by atoms with van der Waals surface area (Å²) in [6.07, 6.45) is 5.58. The molecule has 2 aromatic carbocycles. The van der Waals surface area contributed by atoms with E-state index < -0.39 is 32.1 Å². The number of amides is 2. The molecule has 198 valence electrons. The number of rotatable bonds is 4. The highest BCUT2D eigenvalue weighted by Gasteiger charge is 2.60. The molecule has 0 radical (unpaired) electrons. The fourth-order valence-electron chi connectivity index (χ4n) is 5.85. The zero-order valence-electron chi connectivity index (χ0n) is 21.3. The molecule has 1 spiro atoms. The average molecular weight is 535 g/mol. The number of anilines is 2. The smallest absolute Gasteiger partial charge is 0.273 e. The summed E-state index contributed by atoms with van der Waals surface area (Å²) < 4.78 is 30.6. The lowest BCUT2D eigenvalue weighted by molar-refractivity contribution is -0.119. The summed E-state index contributed by atoms with van der Waals surface area (Å²) >= 11 is 0. The highest BCUT2D eigenvalue weighted by Crippen LogP contribution is 2.56. The highest BCUT2D eigenvalue weighted by molar-refractivity contribution is 8.05. The van der Waals surface area contributed by atoms with Crippen LogP contribution >= 0.6 is 0 Å². The summed E-state index contributed by atoms with van der Waals surface area (Å²) in [5.74, 6) is -0.404. The molecule has 10 heteroatoms. The number of benzene rings is 2. The van der Waals surface area contributed by atoms with Crippen LogP contribution in [0.4, 0.5) is 17.1 Å². The van der Waals surface area contributed by atoms with Crippen molar-refractivity contribution in [1.82, 2.24) is 0 Å². The quantitative estimate of drug-likeness (QED) is 0.474. The van der Waals surface area contributed by atoms with Gasteiger partial charge in [0.25, 0.3) is 5.91 Å². The van der Waals surface area contributed by atoms with Crippen molar-refractivity contribution in [2.24, 2.45) is 16.3 Å². The van der Waals surface area contributed by atoms with Crippen LogP contribution in [0.5, 0.6) is 5.75 Å². The highest BCUT2D eigenvalue weighted by atomic mass is 32.2. The standard InChI is InChI=1S/C28H30N4O5S/c1-38(35,36)26(29)24-25(30-19-5-10-22-18(16-19)11-15-37-22)27(34)32(17-28(24)12-13-28)21-8-6-20(7-9-21)31-14-3-2-4-23(31)33/h5-10,16,24,29H,2-4,11-15,17H2,1H3. The number of piperidine rings is 2. The van der Waals surface area contributed by atoms with Crippen molar-refractivity contribution in [3.63, 3.8) is 0 Å². The normalized spacial score (nSPS) is 23.5. The number of nitrogens with one attached hydrogen (secondary N) is 1. The van der Waals surface area contributed by atoms with Crippen molar-refractivity contribution in [3.8, 4) is 5.75 Å². The number of sulfone groups is 1. The van der Waals surface area contributed by atoms with E-state index in [9.17, 15) is 18.0 Å². The van der Waals surface area contributed by atoms with Gasteiger partial charge in [0.05, 0.1) is 18.2 Å². The molecule has 1 N–H and O–H groups in total. The monoisotopic (exact) mass is 534 g/mol. The number of carbonyl (C=O) groups is 2. The van der Waals surface area contributed by atoms with Crippen molar-refractivity contribution in [1.29, 1.82) is 5.41 Å². The third kappa shape index (κ3) is 4.30. The van der Waals surface area contributed by atoms with Gasteiger partial charge in [-0.3, -0.25) is 15.0 Å². The number of aliphatic imine (C=N–C) groups is 1. The Morgan fingerprint density at radius 1 is 1.03 bits per heavy atom. The van der Waals surface area contributed by atoms with Crippen LogP contribution in [0, 0.1) is 16.7 Å². The Bertz CT molecular complexity index is 1480. The van der Waals surface area contributed by atoms with Crippen molar-refractivity contribution >= 4 is 49.5 Å². The maximum Gasteiger partial charge on any atom is 0.273 e. The van der Waals surface area contributed by atoms with E-state index in [0.717, 1.165) is 42.5 Å². The summed E-state index contributed by atoms with van der Waals surface area (Å²) in [5.41, 5.74) is 2.53. The summed E-state index contributed by atoms with van der Waals surface area (Å²) in [5, 5.41) is 8.12. The molecule has 2 amide bonds. The van der Waals surface area contributed by atoms with Crippen molar-refractivity contribution in [3.05, 3.63) is 48.0 Å². The van der Waals surface area contributed by atoms with Crippen LogP contribution < -0.4 is 14.5 Å². The van der Waals surface area contributed by atoms with Crippen LogP contribution in [0.25, 0.3) is 0 Å². The zero-order valence-corrected chi connectivity index (χ0v) is 22.1. The second-order valence-corrected chi connectivity index (χ2v) is 12.7. The van der Waals surface area contributed by atoms with Crippen LogP contribution in [-0.2, 0) is 25.8 Å². The molecule has 3 heterocycles. The van der Waals surface area contributed by atoms with Crippen molar-refractivity contribution in [2.75, 3.05) is 35.8 Å². The van der Waals surface area contributed by atoms with Gasteiger partial charge in [-0.2, -0.15) is 0 Å². The molecular formula is C28H30N4O5S. The summed E-state index contributed by atoms with van der Waals surface area (Å²) in [6, 6.07) is 12.8. The third-order valence-electron chi connectivity index (χ3n) is 8.10. The van der Waals surface area contributed by atoms with E-state index in [0.29, 0.717) is 50.3 Å². The number of ether oxygens (including phenoxy) is 1. The van der Waals surface area contributed by atoms with Gasteiger partial charge in [-0.1, -0.05) is 0 Å². The van der Waals surface area contributed by atoms with Gasteiger partial charge in [0, 0.05) is 49.0 Å². The topological polar surface area (TPSA) is 120 Å². The van der Waals surface area contributed by atoms with Gasteiger partial charge in [0.1, 0.15) is 16.5 Å². The van der Waals surface area contributed by atoms with E-state index in [1.807, 2.05) is 36.4 Å². The zero-order chi connectivity index (χ0) is 26.7. The van der Waals surface area contributed by atoms with Gasteiger partial charge in [-0.05, 0) is 73.7 Å². The maximum atomic E-state index is 14.0. The third-order valence-corrected chi connectivity index (χ3v) is 9.13. The number of hydrogen-bond acceptors (Lipinski definition) is 7. The molecule has 1 unspecified atom stereocenters. The first-order valence-corrected chi connectivity index (χ1v) is 14.9. The number of nitrogens with zero attached hydrogens (tertiary/aromatic N) is 3. The molecule has 2 saturated heterocycles. The lowest BCUT2D eigenvalue weighted by atomic mass is 9.80. The van der Waals surface area contributed by atoms with E-state index in [4.69, 9.17) is 15.1 Å². The molecule has 4 aliphatic rings. The van der Waals surface area contributed by atoms with Gasteiger partial charge in [0.2, 0.25) is 5.91 Å². The molecule has 3 fully saturated rings. The Morgan fingerprint density at radius 3 is 2.39 bits per heavy atom. The predicted molar refractivity (Wildman–Crippen MR) is 145 cm³/mol. The minimum absolute atomic E-state index is 0.0818. The van der Waals surface area contributed by atoms with E-state index in [1.165, 1.54) is 0 Å². The SMILES string of the molecule is CS(=O)(=O)C(=N)C1C(=Nc2ccc3c(c2)CCO3)C(=O)N(c2ccc(N3CCCCC3=O)cc2)CC12CC2. The largest absolute Gasteiger partial charge is 0.493 e. The van der Waals surface area contributed by atoms with Gasteiger partial charge in [-0.15, -0.1) is 0 Å². The Hall–Kier alpha value is -3.53. The molecule has 3 aliphatic heterocycles. The Kier molecular flexibility index (Phi) is 5.90. The van der Waals surface area contributed by atoms with Crippen molar-refractivity contribution in [2.45, 2.75) is 38.5 Å². The second-order valence-electron chi connectivity index (χ2n) is 10.7. The van der Waals surface area contributed by atoms with Crippen LogP contribution in [0.3, 0.4) is 0 Å². The number of carbonyl (C=O) groups excluding carboxylic acids is 2. The second kappa shape index (κ2) is 9.04. The number of fused-ring (bicyclic) bond motifs is 1. The fourth-order valence-corrected chi connectivity index (χ4v) is 6.64. The summed E-state index contributed by atoms with van der Waals surface area (Å²) in [7, 11) is -3.82. The number of hydrogen-bond donors (Lipinski definition) is 1. The van der Waals surface area contributed by atoms with Crippen LogP contribution in [0.1, 0.15) is 37.7 Å². The van der Waals surface area contributed by atoms with Gasteiger partial charge < -0.3 is 14.5 Å². The minimum Gasteiger partial charge on any atom is -0.493 e. The molecule has 1 saturated carbocycles. The molecule has 6 rings (SSSR count). The summed E-state index contributed by atoms with van der Waals surface area (Å²) in [4.78, 5) is 34.5. The first-order chi connectivity index (χ1) is 18.2. The fraction of sp³-hybridized carbons (Fsp3) is 0.429. The van der Waals surface area contributed by atoms with Crippen LogP contribution in [0.2, 0.25) is 0 Å². The van der Waals surface area contributed by atoms with E-state index in [-0.39, 0.29) is 11.6 Å². The van der Waals surface area contributed by atoms with Gasteiger partial charge in [-0.25, -0.2) is 13.4 Å². The molecule has 0 bridgehead atoms. The van der Waals surface area contributed by atoms with Gasteiger partial charge in [0.15, 0.2) is 9.84 Å². The molecule has 0 aromatic heterocycles. The molecule has 1 aliphatic carbocycles. The lowest BCUT2D eigenvalue weighted by Gasteiger charge is -2.39. The summed E-state index contributed by atoms with van der Waals surface area (Å²) in [6.45, 7) is 1.58. The van der Waals surface area contributed by atoms with E-state index in [1.54, 1.807) is 15.9 Å². The Balaban J connectivity index is 1.39. The van der Waals surface area contributed by atoms with E-state index >= 15 is 0 Å². The average Bonchev–Trinajstić information content (AvgIpc) is 3.50. The Morgan fingerprint density at radius 2 is 1.74 bits per heavy atom. The first-order valence-electron chi connectivity index (χ1n) is 13.0. The van der Waals surface area contributed by atoms with Crippen molar-refractivity contribution < 1.29 is 22.7 Å². The molecule has 38 heavy (non-hydrogen) atoms. The Labute approximate surface area is 221 Å². The van der Waals surface area contributed by atoms with E-state index in [2.05, 4.69) is 0 Å². The lowest BCUT2D eigenvalue weighted by Crippen LogP contribution is -2.55. The molecular weight excluding hydrogens is 504 g/mol. The minimum atomic E-state index is -3.82.